The summed E-state index contributed by atoms with van der Waals surface area (Å²) in [5.74, 6) is -0.838. The first-order valence-corrected chi connectivity index (χ1v) is 4.85. The molecule has 0 saturated heterocycles. The third-order valence-electron chi connectivity index (χ3n) is 2.10. The van der Waals surface area contributed by atoms with Crippen LogP contribution in [0.1, 0.15) is 48.5 Å². The Morgan fingerprint density at radius 2 is 2.33 bits per heavy atom. The van der Waals surface area contributed by atoms with Crippen molar-refractivity contribution in [2.75, 3.05) is 7.11 Å². The molecule has 5 nitrogen and oxygen atoms in total. The van der Waals surface area contributed by atoms with E-state index in [4.69, 9.17) is 14.3 Å². The monoisotopic (exact) mass is 213 g/mol. The molecule has 1 rings (SSSR count). The van der Waals surface area contributed by atoms with E-state index in [1.54, 1.807) is 6.92 Å². The molecular formula is C10H15NO4. The Balaban J connectivity index is 3.03. The van der Waals surface area contributed by atoms with Crippen LogP contribution < -0.4 is 0 Å². The van der Waals surface area contributed by atoms with Gasteiger partial charge in [0.1, 0.15) is 6.10 Å². The summed E-state index contributed by atoms with van der Waals surface area (Å²) in [4.78, 5) is 15.0. The molecule has 0 radical (unpaired) electrons. The molecule has 1 N–H and O–H groups in total. The highest BCUT2D eigenvalue weighted by atomic mass is 16.5. The number of nitrogens with zero attached hydrogens (tertiary/aromatic N) is 1. The number of rotatable bonds is 5. The number of carboxylic acids is 1. The number of oxazole rings is 1. The highest BCUT2D eigenvalue weighted by Crippen LogP contribution is 2.20. The Labute approximate surface area is 88.1 Å². The van der Waals surface area contributed by atoms with Crippen LogP contribution in [-0.4, -0.2) is 23.2 Å². The fourth-order valence-corrected chi connectivity index (χ4v) is 1.22. The zero-order valence-electron chi connectivity index (χ0n) is 9.11. The van der Waals surface area contributed by atoms with Gasteiger partial charge in [0.05, 0.1) is 5.69 Å². The van der Waals surface area contributed by atoms with Crippen molar-refractivity contribution in [1.82, 2.24) is 4.98 Å². The second kappa shape index (κ2) is 4.93. The molecule has 1 aromatic heterocycles. The molecule has 5 heteroatoms. The molecule has 0 amide bonds. The average molecular weight is 213 g/mol. The molecule has 1 aromatic rings. The minimum atomic E-state index is -1.08. The van der Waals surface area contributed by atoms with Gasteiger partial charge in [-0.2, -0.15) is 0 Å². The molecule has 15 heavy (non-hydrogen) atoms. The van der Waals surface area contributed by atoms with Crippen LogP contribution in [0.25, 0.3) is 0 Å². The maximum Gasteiger partial charge on any atom is 0.373 e. The van der Waals surface area contributed by atoms with Crippen molar-refractivity contribution in [3.8, 4) is 0 Å². The molecule has 1 atom stereocenters. The van der Waals surface area contributed by atoms with Crippen LogP contribution in [0.4, 0.5) is 0 Å². The average Bonchev–Trinajstić information content (AvgIpc) is 2.61. The van der Waals surface area contributed by atoms with Gasteiger partial charge in [-0.3, -0.25) is 0 Å². The van der Waals surface area contributed by atoms with Crippen LogP contribution >= 0.6 is 0 Å². The van der Waals surface area contributed by atoms with Gasteiger partial charge in [0, 0.05) is 7.11 Å². The number of methoxy groups -OCH3 is 1. The van der Waals surface area contributed by atoms with Crippen LogP contribution in [0.3, 0.4) is 0 Å². The van der Waals surface area contributed by atoms with Crippen LogP contribution in [0.2, 0.25) is 0 Å². The second-order valence-electron chi connectivity index (χ2n) is 3.26. The molecule has 84 valence electrons. The predicted octanol–water partition coefficient (Wildman–Crippen LogP) is 2.03. The van der Waals surface area contributed by atoms with Crippen molar-refractivity contribution in [3.63, 3.8) is 0 Å². The van der Waals surface area contributed by atoms with Crippen molar-refractivity contribution in [2.24, 2.45) is 0 Å². The molecule has 0 aliphatic heterocycles. The van der Waals surface area contributed by atoms with Crippen LogP contribution in [-0.2, 0) is 11.2 Å². The molecule has 0 bridgehead atoms. The van der Waals surface area contributed by atoms with Crippen molar-refractivity contribution < 1.29 is 19.1 Å². The SMILES string of the molecule is CCCc1nc(C(C)OC)oc1C(=O)O. The van der Waals surface area contributed by atoms with Crippen LogP contribution in [0, 0.1) is 0 Å². The Hall–Kier alpha value is -1.36. The lowest BCUT2D eigenvalue weighted by Crippen LogP contribution is -1.99. The Bertz CT molecular complexity index is 345. The van der Waals surface area contributed by atoms with Gasteiger partial charge in [-0.25, -0.2) is 9.78 Å². The number of ether oxygens (including phenoxy) is 1. The van der Waals surface area contributed by atoms with E-state index >= 15 is 0 Å². The van der Waals surface area contributed by atoms with Crippen molar-refractivity contribution in [2.45, 2.75) is 32.8 Å². The zero-order valence-corrected chi connectivity index (χ0v) is 9.11. The summed E-state index contributed by atoms with van der Waals surface area (Å²) in [5.41, 5.74) is 0.490. The molecule has 1 heterocycles. The first kappa shape index (κ1) is 11.7. The van der Waals surface area contributed by atoms with Gasteiger partial charge in [-0.1, -0.05) is 13.3 Å². The van der Waals surface area contributed by atoms with E-state index in [9.17, 15) is 4.79 Å². The summed E-state index contributed by atoms with van der Waals surface area (Å²) >= 11 is 0. The Kier molecular flexibility index (Phi) is 3.85. The van der Waals surface area contributed by atoms with Crippen molar-refractivity contribution >= 4 is 5.97 Å². The minimum absolute atomic E-state index is 0.0734. The highest BCUT2D eigenvalue weighted by Gasteiger charge is 2.21. The lowest BCUT2D eigenvalue weighted by atomic mass is 10.2. The molecule has 0 spiro atoms. The number of aromatic carboxylic acids is 1. The van der Waals surface area contributed by atoms with Crippen molar-refractivity contribution in [1.29, 1.82) is 0 Å². The van der Waals surface area contributed by atoms with E-state index in [0.717, 1.165) is 6.42 Å². The first-order valence-electron chi connectivity index (χ1n) is 4.85. The molecule has 0 aliphatic rings. The quantitative estimate of drug-likeness (QED) is 0.810. The third-order valence-corrected chi connectivity index (χ3v) is 2.10. The summed E-state index contributed by atoms with van der Waals surface area (Å²) in [6.45, 7) is 3.72. The number of aromatic nitrogens is 1. The molecule has 0 aliphatic carbocycles. The largest absolute Gasteiger partial charge is 0.475 e. The standard InChI is InChI=1S/C10H15NO4/c1-4-5-7-8(10(12)13)15-9(11-7)6(2)14-3/h6H,4-5H2,1-3H3,(H,12,13). The minimum Gasteiger partial charge on any atom is -0.475 e. The van der Waals surface area contributed by atoms with Gasteiger partial charge < -0.3 is 14.3 Å². The number of carbonyl (C=O) groups is 1. The first-order chi connectivity index (χ1) is 7.10. The summed E-state index contributed by atoms with van der Waals surface area (Å²) in [5, 5.41) is 8.89. The summed E-state index contributed by atoms with van der Waals surface area (Å²) in [7, 11) is 1.52. The van der Waals surface area contributed by atoms with E-state index < -0.39 is 5.97 Å². The lowest BCUT2D eigenvalue weighted by molar-refractivity contribution is 0.0635. The number of hydrogen-bond donors (Lipinski definition) is 1. The van der Waals surface area contributed by atoms with E-state index in [-0.39, 0.29) is 11.9 Å². The lowest BCUT2D eigenvalue weighted by Gasteiger charge is -2.02. The maximum absolute atomic E-state index is 10.8. The van der Waals surface area contributed by atoms with Crippen LogP contribution in [0.15, 0.2) is 4.42 Å². The van der Waals surface area contributed by atoms with E-state index in [2.05, 4.69) is 4.98 Å². The van der Waals surface area contributed by atoms with Gasteiger partial charge in [0.15, 0.2) is 0 Å². The number of hydrogen-bond acceptors (Lipinski definition) is 4. The van der Waals surface area contributed by atoms with E-state index in [1.807, 2.05) is 6.92 Å². The Morgan fingerprint density at radius 1 is 1.67 bits per heavy atom. The summed E-state index contributed by atoms with van der Waals surface area (Å²) in [6, 6.07) is 0. The summed E-state index contributed by atoms with van der Waals surface area (Å²) in [6.07, 6.45) is 1.10. The summed E-state index contributed by atoms with van der Waals surface area (Å²) < 4.78 is 10.2. The normalized spacial score (nSPS) is 12.7. The molecular weight excluding hydrogens is 198 g/mol. The second-order valence-corrected chi connectivity index (χ2v) is 3.26. The van der Waals surface area contributed by atoms with E-state index in [1.165, 1.54) is 7.11 Å². The smallest absolute Gasteiger partial charge is 0.373 e. The molecule has 1 unspecified atom stereocenters. The molecule has 0 saturated carbocycles. The van der Waals surface area contributed by atoms with Gasteiger partial charge in [-0.15, -0.1) is 0 Å². The maximum atomic E-state index is 10.8. The highest BCUT2D eigenvalue weighted by molar-refractivity contribution is 5.85. The van der Waals surface area contributed by atoms with Crippen molar-refractivity contribution in [3.05, 3.63) is 17.3 Å². The zero-order chi connectivity index (χ0) is 11.4. The van der Waals surface area contributed by atoms with Gasteiger partial charge in [0.25, 0.3) is 0 Å². The number of carboxylic acid groups (broad SMARTS) is 1. The Morgan fingerprint density at radius 3 is 2.80 bits per heavy atom. The number of aryl methyl sites for hydroxylation is 1. The molecule has 0 aromatic carbocycles. The van der Waals surface area contributed by atoms with E-state index in [0.29, 0.717) is 18.0 Å². The van der Waals surface area contributed by atoms with Crippen LogP contribution in [0.5, 0.6) is 0 Å². The topological polar surface area (TPSA) is 72.6 Å². The van der Waals surface area contributed by atoms with Gasteiger partial charge in [0.2, 0.25) is 11.7 Å². The molecule has 0 fully saturated rings. The fraction of sp³-hybridized carbons (Fsp3) is 0.600. The fourth-order valence-electron chi connectivity index (χ4n) is 1.22. The van der Waals surface area contributed by atoms with Gasteiger partial charge >= 0.3 is 5.97 Å². The predicted molar refractivity (Wildman–Crippen MR) is 52.9 cm³/mol. The third kappa shape index (κ3) is 2.56. The van der Waals surface area contributed by atoms with Gasteiger partial charge in [-0.05, 0) is 13.3 Å².